The molecule has 0 saturated heterocycles. The number of likely N-dealkylation sites (N-methyl/N-ethyl adjacent to an activating group) is 1. The average Bonchev–Trinajstić information content (AvgIpc) is 2.67. The Hall–Kier alpha value is -2.38. The molecule has 0 saturated carbocycles. The van der Waals surface area contributed by atoms with Crippen molar-refractivity contribution in [3.8, 4) is 5.75 Å². The molecule has 2 N–H and O–H groups in total. The van der Waals surface area contributed by atoms with Gasteiger partial charge >= 0.3 is 5.97 Å². The third kappa shape index (κ3) is 8.13. The average molecular weight is 364 g/mol. The van der Waals surface area contributed by atoms with Crippen LogP contribution in [-0.4, -0.2) is 68.4 Å². The minimum Gasteiger partial charge on any atom is -0.490 e. The number of carbonyl (C=O) groups excluding carboxylic acids is 2. The molecule has 0 fully saturated rings. The van der Waals surface area contributed by atoms with E-state index in [4.69, 9.17) is 4.74 Å². The molecule has 1 aromatic carbocycles. The minimum atomic E-state index is -0.695. The van der Waals surface area contributed by atoms with Gasteiger partial charge in [0.05, 0.1) is 7.11 Å². The molecule has 0 aliphatic carbocycles. The van der Waals surface area contributed by atoms with Gasteiger partial charge in [-0.25, -0.2) is 4.79 Å². The summed E-state index contributed by atoms with van der Waals surface area (Å²) in [5, 5.41) is 13.1. The van der Waals surface area contributed by atoms with Gasteiger partial charge in [-0.3, -0.25) is 4.79 Å². The first-order valence-electron chi connectivity index (χ1n) is 8.58. The Bertz CT molecular complexity index is 603. The van der Waals surface area contributed by atoms with Crippen molar-refractivity contribution in [3.05, 3.63) is 35.9 Å². The summed E-state index contributed by atoms with van der Waals surface area (Å²) in [6, 6.07) is 7.22. The molecule has 1 atom stereocenters. The summed E-state index contributed by atoms with van der Waals surface area (Å²) < 4.78 is 10.2. The number of para-hydroxylation sites is 1. The highest BCUT2D eigenvalue weighted by Gasteiger charge is 2.08. The second kappa shape index (κ2) is 12.1. The van der Waals surface area contributed by atoms with Crippen molar-refractivity contribution in [2.24, 2.45) is 0 Å². The van der Waals surface area contributed by atoms with Gasteiger partial charge in [0, 0.05) is 44.7 Å². The summed E-state index contributed by atoms with van der Waals surface area (Å²) in [5.74, 6) is 0.211. The zero-order valence-electron chi connectivity index (χ0n) is 15.6. The van der Waals surface area contributed by atoms with Crippen LogP contribution in [0.15, 0.2) is 30.3 Å². The molecule has 1 aromatic rings. The van der Waals surface area contributed by atoms with Crippen LogP contribution in [0.1, 0.15) is 18.9 Å². The number of nitrogens with zero attached hydrogens (tertiary/aromatic N) is 1. The van der Waals surface area contributed by atoms with E-state index in [1.54, 1.807) is 30.2 Å². The van der Waals surface area contributed by atoms with Crippen molar-refractivity contribution in [1.29, 1.82) is 0 Å². The van der Waals surface area contributed by atoms with E-state index in [1.807, 2.05) is 19.1 Å². The number of amides is 1. The van der Waals surface area contributed by atoms with Crippen LogP contribution >= 0.6 is 0 Å². The number of esters is 1. The van der Waals surface area contributed by atoms with Gasteiger partial charge in [0.1, 0.15) is 18.5 Å². The van der Waals surface area contributed by atoms with Gasteiger partial charge in [0.2, 0.25) is 5.91 Å². The molecule has 1 rings (SSSR count). The molecule has 1 amide bonds. The van der Waals surface area contributed by atoms with Crippen LogP contribution in [0.5, 0.6) is 5.75 Å². The van der Waals surface area contributed by atoms with Gasteiger partial charge < -0.3 is 24.8 Å². The zero-order valence-corrected chi connectivity index (χ0v) is 15.6. The van der Waals surface area contributed by atoms with Crippen molar-refractivity contribution in [3.63, 3.8) is 0 Å². The molecular weight excluding hydrogens is 336 g/mol. The first kappa shape index (κ1) is 21.7. The normalized spacial score (nSPS) is 12.0. The van der Waals surface area contributed by atoms with Gasteiger partial charge in [-0.05, 0) is 12.1 Å². The van der Waals surface area contributed by atoms with E-state index < -0.39 is 12.1 Å². The van der Waals surface area contributed by atoms with Crippen molar-refractivity contribution in [1.82, 2.24) is 10.2 Å². The first-order valence-corrected chi connectivity index (χ1v) is 8.58. The Morgan fingerprint density at radius 2 is 2.08 bits per heavy atom. The van der Waals surface area contributed by atoms with Gasteiger partial charge in [0.25, 0.3) is 0 Å². The SMILES string of the molecule is CCC(=O)N(C)CCNCC(O)COc1ccccc1C=CC(=O)OC. The Labute approximate surface area is 154 Å². The molecule has 0 spiro atoms. The van der Waals surface area contributed by atoms with Crippen LogP contribution in [0.2, 0.25) is 0 Å². The molecule has 0 radical (unpaired) electrons. The standard InChI is InChI=1S/C19H28N2O5/c1-4-18(23)21(2)12-11-20-13-16(22)14-26-17-8-6-5-7-15(17)9-10-19(24)25-3/h5-10,16,20,22H,4,11-14H2,1-3H3. The van der Waals surface area contributed by atoms with Crippen molar-refractivity contribution < 1.29 is 24.2 Å². The van der Waals surface area contributed by atoms with E-state index in [1.165, 1.54) is 13.2 Å². The molecule has 26 heavy (non-hydrogen) atoms. The third-order valence-electron chi connectivity index (χ3n) is 3.68. The second-order valence-electron chi connectivity index (χ2n) is 5.73. The van der Waals surface area contributed by atoms with Crippen molar-refractivity contribution in [2.75, 3.05) is 40.4 Å². The van der Waals surface area contributed by atoms with Crippen LogP contribution in [-0.2, 0) is 14.3 Å². The number of ether oxygens (including phenoxy) is 2. The maximum atomic E-state index is 11.4. The van der Waals surface area contributed by atoms with E-state index in [-0.39, 0.29) is 12.5 Å². The summed E-state index contributed by atoms with van der Waals surface area (Å²) in [6.07, 6.45) is 2.71. The van der Waals surface area contributed by atoms with Crippen LogP contribution in [0, 0.1) is 0 Å². The molecule has 7 heteroatoms. The number of aliphatic hydroxyl groups excluding tert-OH is 1. The first-order chi connectivity index (χ1) is 12.5. The highest BCUT2D eigenvalue weighted by Crippen LogP contribution is 2.19. The molecule has 7 nitrogen and oxygen atoms in total. The fourth-order valence-corrected chi connectivity index (χ4v) is 2.13. The number of rotatable bonds is 11. The van der Waals surface area contributed by atoms with E-state index in [2.05, 4.69) is 10.1 Å². The molecule has 0 heterocycles. The Morgan fingerprint density at radius 3 is 2.77 bits per heavy atom. The lowest BCUT2D eigenvalue weighted by Crippen LogP contribution is -2.37. The van der Waals surface area contributed by atoms with Gasteiger partial charge in [-0.2, -0.15) is 0 Å². The number of carbonyl (C=O) groups is 2. The van der Waals surface area contributed by atoms with Crippen LogP contribution in [0.25, 0.3) is 6.08 Å². The summed E-state index contributed by atoms with van der Waals surface area (Å²) in [6.45, 7) is 3.47. The largest absolute Gasteiger partial charge is 0.490 e. The summed E-state index contributed by atoms with van der Waals surface area (Å²) >= 11 is 0. The molecule has 144 valence electrons. The maximum absolute atomic E-state index is 11.4. The summed E-state index contributed by atoms with van der Waals surface area (Å²) in [5.41, 5.74) is 0.720. The Balaban J connectivity index is 2.39. The van der Waals surface area contributed by atoms with E-state index in [9.17, 15) is 14.7 Å². The van der Waals surface area contributed by atoms with E-state index >= 15 is 0 Å². The topological polar surface area (TPSA) is 88.1 Å². The Kier molecular flexibility index (Phi) is 10.0. The van der Waals surface area contributed by atoms with Crippen LogP contribution in [0.3, 0.4) is 0 Å². The highest BCUT2D eigenvalue weighted by molar-refractivity contribution is 5.87. The highest BCUT2D eigenvalue weighted by atomic mass is 16.5. The smallest absolute Gasteiger partial charge is 0.330 e. The molecule has 0 aliphatic heterocycles. The predicted octanol–water partition coefficient (Wildman–Crippen LogP) is 1.07. The quantitative estimate of drug-likeness (QED) is 0.347. The lowest BCUT2D eigenvalue weighted by Gasteiger charge is -2.18. The Morgan fingerprint density at radius 1 is 1.35 bits per heavy atom. The number of nitrogens with one attached hydrogen (secondary N) is 1. The summed E-state index contributed by atoms with van der Waals surface area (Å²) in [4.78, 5) is 24.3. The fourth-order valence-electron chi connectivity index (χ4n) is 2.13. The second-order valence-corrected chi connectivity index (χ2v) is 5.73. The minimum absolute atomic E-state index is 0.0901. The van der Waals surface area contributed by atoms with Gasteiger partial charge in [-0.15, -0.1) is 0 Å². The van der Waals surface area contributed by atoms with Crippen molar-refractivity contribution in [2.45, 2.75) is 19.4 Å². The maximum Gasteiger partial charge on any atom is 0.330 e. The molecule has 0 aliphatic rings. The third-order valence-corrected chi connectivity index (χ3v) is 3.68. The molecule has 0 aromatic heterocycles. The summed E-state index contributed by atoms with van der Waals surface area (Å²) in [7, 11) is 3.07. The molecule has 0 bridgehead atoms. The number of hydrogen-bond donors (Lipinski definition) is 2. The monoisotopic (exact) mass is 364 g/mol. The van der Waals surface area contributed by atoms with Crippen LogP contribution in [0.4, 0.5) is 0 Å². The van der Waals surface area contributed by atoms with Gasteiger partial charge in [0.15, 0.2) is 0 Å². The predicted molar refractivity (Wildman–Crippen MR) is 99.8 cm³/mol. The van der Waals surface area contributed by atoms with Crippen LogP contribution < -0.4 is 10.1 Å². The molecular formula is C19H28N2O5. The zero-order chi connectivity index (χ0) is 19.4. The number of hydrogen-bond acceptors (Lipinski definition) is 6. The fraction of sp³-hybridized carbons (Fsp3) is 0.474. The number of methoxy groups -OCH3 is 1. The van der Waals surface area contributed by atoms with E-state index in [0.29, 0.717) is 31.8 Å². The van der Waals surface area contributed by atoms with E-state index in [0.717, 1.165) is 5.56 Å². The van der Waals surface area contributed by atoms with Gasteiger partial charge in [-0.1, -0.05) is 25.1 Å². The molecule has 1 unspecified atom stereocenters. The van der Waals surface area contributed by atoms with Crippen molar-refractivity contribution >= 4 is 18.0 Å². The number of aliphatic hydroxyl groups is 1. The lowest BCUT2D eigenvalue weighted by molar-refractivity contribution is -0.134. The lowest BCUT2D eigenvalue weighted by atomic mass is 10.2. The number of benzene rings is 1.